The predicted octanol–water partition coefficient (Wildman–Crippen LogP) is 3.16. The van der Waals surface area contributed by atoms with Gasteiger partial charge in [-0.15, -0.1) is 0 Å². The second-order valence-electron chi connectivity index (χ2n) is 13.5. The van der Waals surface area contributed by atoms with E-state index in [2.05, 4.69) is 15.6 Å². The highest BCUT2D eigenvalue weighted by molar-refractivity contribution is 7.48. The summed E-state index contributed by atoms with van der Waals surface area (Å²) in [6, 6.07) is -1.32. The highest BCUT2D eigenvalue weighted by Gasteiger charge is 2.57. The fraction of sp³-hybridized carbons (Fsp3) is 0.731. The quantitative estimate of drug-likeness (QED) is 0.306. The normalized spacial score (nSPS) is 28.1. The summed E-state index contributed by atoms with van der Waals surface area (Å²) in [5.74, 6) is -1.05. The van der Waals surface area contributed by atoms with E-state index in [0.717, 1.165) is 12.0 Å². The van der Waals surface area contributed by atoms with Gasteiger partial charge in [0.15, 0.2) is 12.0 Å². The Morgan fingerprint density at radius 3 is 2.13 bits per heavy atom. The van der Waals surface area contributed by atoms with Crippen LogP contribution in [0.3, 0.4) is 0 Å². The Kier molecular flexibility index (Phi) is 9.09. The Morgan fingerprint density at radius 1 is 1.00 bits per heavy atom. The fourth-order valence-electron chi connectivity index (χ4n) is 4.57. The van der Waals surface area contributed by atoms with Gasteiger partial charge >= 0.3 is 26.1 Å². The number of anilines is 3. The third-order valence-electron chi connectivity index (χ3n) is 6.20. The number of carbonyl (C=O) groups is 3. The largest absolute Gasteiger partial charge is 0.475 e. The molecule has 45 heavy (non-hydrogen) atoms. The lowest BCUT2D eigenvalue weighted by atomic mass is 9.94. The highest BCUT2D eigenvalue weighted by atomic mass is 31.2. The summed E-state index contributed by atoms with van der Waals surface area (Å²) < 4.78 is 51.0. The van der Waals surface area contributed by atoms with Crippen molar-refractivity contribution in [2.75, 3.05) is 29.3 Å². The number of aromatic nitrogens is 2. The van der Waals surface area contributed by atoms with Crippen molar-refractivity contribution in [3.63, 3.8) is 0 Å². The van der Waals surface area contributed by atoms with Crippen LogP contribution in [-0.4, -0.2) is 94.0 Å². The number of nitrogens with one attached hydrogen (secondary N) is 2. The summed E-state index contributed by atoms with van der Waals surface area (Å²) in [6.07, 6.45) is -8.65. The van der Waals surface area contributed by atoms with Gasteiger partial charge in [0.2, 0.25) is 5.95 Å². The minimum Gasteiger partial charge on any atom is -0.444 e. The molecule has 0 bridgehead atoms. The van der Waals surface area contributed by atoms with E-state index in [0.29, 0.717) is 4.57 Å². The third kappa shape index (κ3) is 7.58. The number of rotatable bonds is 2. The Labute approximate surface area is 259 Å². The van der Waals surface area contributed by atoms with Crippen molar-refractivity contribution in [3.8, 4) is 0 Å². The van der Waals surface area contributed by atoms with E-state index in [9.17, 15) is 28.8 Å². The number of nitrogens with zero attached hydrogens (tertiary/aromatic N) is 3. The molecule has 0 radical (unpaired) electrons. The smallest absolute Gasteiger partial charge is 0.444 e. The van der Waals surface area contributed by atoms with E-state index in [1.807, 2.05) is 0 Å². The van der Waals surface area contributed by atoms with Crippen LogP contribution in [0.5, 0.6) is 0 Å². The SMILES string of the molecule is COP1(=O)OC[C@H]2O[C@@H]3[C@@H](Nc4c(nc(NC(=O)OC(C)(C)C)n(C(=O)OC(C)(C)C)c4=O)N3C(=O)OC(C)(C)C)[C@@H](O)[C@H]2O1. The van der Waals surface area contributed by atoms with E-state index in [1.165, 1.54) is 0 Å². The van der Waals surface area contributed by atoms with E-state index in [4.69, 9.17) is 32.5 Å². The first kappa shape index (κ1) is 34.6. The molecular formula is C26H40N5O13P. The van der Waals surface area contributed by atoms with Crippen molar-refractivity contribution in [1.29, 1.82) is 0 Å². The molecule has 3 aliphatic rings. The van der Waals surface area contributed by atoms with E-state index in [-0.39, 0.29) is 6.61 Å². The number of fused-ring (bicyclic) bond motifs is 3. The molecule has 2 saturated heterocycles. The molecule has 3 aliphatic heterocycles. The third-order valence-corrected chi connectivity index (χ3v) is 7.61. The van der Waals surface area contributed by atoms with Crippen LogP contribution < -0.4 is 21.1 Å². The summed E-state index contributed by atoms with van der Waals surface area (Å²) in [7, 11) is -2.94. The number of hydrogen-bond donors (Lipinski definition) is 3. The second-order valence-corrected chi connectivity index (χ2v) is 15.2. The number of ether oxygens (including phenoxy) is 4. The van der Waals surface area contributed by atoms with Crippen molar-refractivity contribution in [2.45, 2.75) is 110 Å². The molecular weight excluding hydrogens is 621 g/mol. The topological polar surface area (TPSA) is 215 Å². The Bertz CT molecular complexity index is 1460. The van der Waals surface area contributed by atoms with Crippen LogP contribution in [0.1, 0.15) is 62.3 Å². The van der Waals surface area contributed by atoms with Gasteiger partial charge in [0.25, 0.3) is 5.56 Å². The fourth-order valence-corrected chi connectivity index (χ4v) is 5.71. The van der Waals surface area contributed by atoms with Crippen molar-refractivity contribution < 1.29 is 56.6 Å². The lowest BCUT2D eigenvalue weighted by Gasteiger charge is -2.51. The van der Waals surface area contributed by atoms with Gasteiger partial charge in [0.05, 0.1) is 6.61 Å². The molecule has 0 saturated carbocycles. The van der Waals surface area contributed by atoms with Crippen LogP contribution >= 0.6 is 7.82 Å². The molecule has 0 spiro atoms. The molecule has 2 fully saturated rings. The molecule has 3 N–H and O–H groups in total. The molecule has 1 aromatic rings. The van der Waals surface area contributed by atoms with Crippen LogP contribution in [-0.2, 0) is 37.1 Å². The lowest BCUT2D eigenvalue weighted by molar-refractivity contribution is -0.198. The molecule has 1 aromatic heterocycles. The summed E-state index contributed by atoms with van der Waals surface area (Å²) in [4.78, 5) is 59.1. The van der Waals surface area contributed by atoms with Crippen LogP contribution in [0.4, 0.5) is 31.8 Å². The first-order valence-electron chi connectivity index (χ1n) is 14.0. The van der Waals surface area contributed by atoms with Crippen LogP contribution in [0, 0.1) is 0 Å². The van der Waals surface area contributed by atoms with Crippen molar-refractivity contribution in [1.82, 2.24) is 9.55 Å². The van der Waals surface area contributed by atoms with Crippen LogP contribution in [0.2, 0.25) is 0 Å². The predicted molar refractivity (Wildman–Crippen MR) is 156 cm³/mol. The minimum atomic E-state index is -4.05. The van der Waals surface area contributed by atoms with Crippen molar-refractivity contribution in [3.05, 3.63) is 10.4 Å². The Morgan fingerprint density at radius 2 is 1.58 bits per heavy atom. The number of phosphoric ester groups is 1. The molecule has 0 aromatic carbocycles. The number of aliphatic hydroxyl groups excluding tert-OH is 1. The van der Waals surface area contributed by atoms with E-state index < -0.39 is 96.5 Å². The molecule has 19 heteroatoms. The number of phosphoric acid groups is 1. The number of amides is 2. The number of carbonyl (C=O) groups excluding carboxylic acids is 3. The first-order valence-corrected chi connectivity index (χ1v) is 15.5. The average Bonchev–Trinajstić information content (AvgIpc) is 2.85. The number of aliphatic hydroxyl groups is 1. The maximum atomic E-state index is 14.0. The highest BCUT2D eigenvalue weighted by Crippen LogP contribution is 2.55. The summed E-state index contributed by atoms with van der Waals surface area (Å²) in [6.45, 7) is 14.0. The van der Waals surface area contributed by atoms with Gasteiger partial charge in [0.1, 0.15) is 46.8 Å². The monoisotopic (exact) mass is 661 g/mol. The maximum Gasteiger partial charge on any atom is 0.475 e. The zero-order valence-corrected chi connectivity index (χ0v) is 27.6. The van der Waals surface area contributed by atoms with Gasteiger partial charge < -0.3 is 29.4 Å². The number of hydrogen-bond acceptors (Lipinski definition) is 15. The molecule has 252 valence electrons. The van der Waals surface area contributed by atoms with Crippen molar-refractivity contribution in [2.24, 2.45) is 0 Å². The molecule has 2 amide bonds. The Balaban J connectivity index is 1.90. The molecule has 4 heterocycles. The molecule has 4 rings (SSSR count). The van der Waals surface area contributed by atoms with Crippen LogP contribution in [0.25, 0.3) is 0 Å². The van der Waals surface area contributed by atoms with E-state index >= 15 is 0 Å². The summed E-state index contributed by atoms with van der Waals surface area (Å²) >= 11 is 0. The van der Waals surface area contributed by atoms with Gasteiger partial charge in [-0.1, -0.05) is 0 Å². The molecule has 1 unspecified atom stereocenters. The van der Waals surface area contributed by atoms with Crippen molar-refractivity contribution >= 4 is 43.6 Å². The summed E-state index contributed by atoms with van der Waals surface area (Å²) in [5, 5.41) is 16.5. The second kappa shape index (κ2) is 11.8. The molecule has 0 aliphatic carbocycles. The molecule has 18 nitrogen and oxygen atoms in total. The first-order chi connectivity index (χ1) is 20.5. The molecule has 6 atom stereocenters. The maximum absolute atomic E-state index is 14.0. The minimum absolute atomic E-state index is 0.343. The van der Waals surface area contributed by atoms with Gasteiger partial charge in [-0.3, -0.25) is 23.7 Å². The van der Waals surface area contributed by atoms with Gasteiger partial charge in [-0.05, 0) is 62.3 Å². The Hall–Kier alpha value is -3.28. The zero-order chi connectivity index (χ0) is 33.9. The van der Waals surface area contributed by atoms with Gasteiger partial charge in [-0.25, -0.2) is 23.8 Å². The summed E-state index contributed by atoms with van der Waals surface area (Å²) in [5.41, 5.74) is -4.65. The van der Waals surface area contributed by atoms with Gasteiger partial charge in [-0.2, -0.15) is 9.55 Å². The standard InChI is InChI=1S/C26H40N5O13P/c1-24(2,3)41-21(34)29-20-28-17-14(18(33)31(20)23(36)43-26(7,8)9)27-13-15(32)16-12(11-39-45(37,38-10)44-16)40-19(13)30(17)22(35)42-25(4,5)6/h12-13,15-16,19,27,32H,11H2,1-10H3,(H,28,29,34)/t12-,13+,15-,16+,19-,45?/m1/s1. The lowest BCUT2D eigenvalue weighted by Crippen LogP contribution is -2.70. The average molecular weight is 662 g/mol. The zero-order valence-electron chi connectivity index (χ0n) is 26.7. The van der Waals surface area contributed by atoms with Gasteiger partial charge in [0, 0.05) is 7.11 Å². The van der Waals surface area contributed by atoms with E-state index in [1.54, 1.807) is 62.3 Å². The van der Waals surface area contributed by atoms with Crippen LogP contribution in [0.15, 0.2) is 4.79 Å².